The predicted octanol–water partition coefficient (Wildman–Crippen LogP) is 0.0902. The number of hydrogen-bond acceptors (Lipinski definition) is 4. The minimum atomic E-state index is -0.374. The van der Waals surface area contributed by atoms with Crippen molar-refractivity contribution in [1.29, 1.82) is 5.26 Å². The van der Waals surface area contributed by atoms with Crippen LogP contribution in [-0.4, -0.2) is 42.7 Å². The van der Waals surface area contributed by atoms with E-state index in [1.807, 2.05) is 19.9 Å². The Bertz CT molecular complexity index is 292. The lowest BCUT2D eigenvalue weighted by Gasteiger charge is -2.13. The van der Waals surface area contributed by atoms with Crippen molar-refractivity contribution >= 4 is 5.91 Å². The standard InChI is InChI=1S/C11H19N3O2/c1-9(2)7-13-11(16)10(6-12)8-14(3)4-5-15/h8-9,15H,4-5,7H2,1-3H3,(H,13,16)/b10-8-. The summed E-state index contributed by atoms with van der Waals surface area (Å²) < 4.78 is 0. The molecule has 0 saturated heterocycles. The van der Waals surface area contributed by atoms with Crippen LogP contribution in [0.1, 0.15) is 13.8 Å². The molecule has 1 amide bonds. The Kier molecular flexibility index (Phi) is 6.97. The van der Waals surface area contributed by atoms with E-state index in [0.717, 1.165) is 0 Å². The molecule has 0 bridgehead atoms. The molecule has 0 unspecified atom stereocenters. The van der Waals surface area contributed by atoms with E-state index in [-0.39, 0.29) is 18.1 Å². The Morgan fingerprint density at radius 3 is 2.69 bits per heavy atom. The average Bonchev–Trinajstić information content (AvgIpc) is 2.22. The van der Waals surface area contributed by atoms with Gasteiger partial charge in [0.25, 0.3) is 5.91 Å². The van der Waals surface area contributed by atoms with Crippen molar-refractivity contribution in [3.63, 3.8) is 0 Å². The van der Waals surface area contributed by atoms with Gasteiger partial charge in [-0.15, -0.1) is 0 Å². The van der Waals surface area contributed by atoms with E-state index >= 15 is 0 Å². The van der Waals surface area contributed by atoms with Gasteiger partial charge in [0.15, 0.2) is 0 Å². The fourth-order valence-electron chi connectivity index (χ4n) is 0.973. The first-order valence-electron chi connectivity index (χ1n) is 5.22. The molecule has 0 aliphatic heterocycles. The molecule has 90 valence electrons. The molecule has 5 nitrogen and oxygen atoms in total. The molecule has 0 aliphatic carbocycles. The Morgan fingerprint density at radius 1 is 1.62 bits per heavy atom. The first kappa shape index (κ1) is 14.5. The topological polar surface area (TPSA) is 76.4 Å². The molecule has 0 heterocycles. The monoisotopic (exact) mass is 225 g/mol. The molecule has 2 N–H and O–H groups in total. The van der Waals surface area contributed by atoms with Crippen LogP contribution in [-0.2, 0) is 4.79 Å². The Labute approximate surface area is 96.4 Å². The molecule has 0 saturated carbocycles. The lowest BCUT2D eigenvalue weighted by atomic mass is 10.2. The van der Waals surface area contributed by atoms with Crippen LogP contribution in [0, 0.1) is 17.2 Å². The van der Waals surface area contributed by atoms with Crippen LogP contribution in [0.15, 0.2) is 11.8 Å². The number of nitriles is 1. The number of rotatable bonds is 6. The van der Waals surface area contributed by atoms with Gasteiger partial charge in [0.1, 0.15) is 11.6 Å². The molecule has 0 atom stereocenters. The zero-order valence-electron chi connectivity index (χ0n) is 10.0. The van der Waals surface area contributed by atoms with Crippen LogP contribution in [0.25, 0.3) is 0 Å². The molecule has 5 heteroatoms. The highest BCUT2D eigenvalue weighted by molar-refractivity contribution is 5.97. The van der Waals surface area contributed by atoms with E-state index in [0.29, 0.717) is 19.0 Å². The molecular formula is C11H19N3O2. The van der Waals surface area contributed by atoms with Crippen LogP contribution in [0.4, 0.5) is 0 Å². The van der Waals surface area contributed by atoms with Gasteiger partial charge in [0.2, 0.25) is 0 Å². The highest BCUT2D eigenvalue weighted by Gasteiger charge is 2.09. The molecule has 0 aliphatic rings. The summed E-state index contributed by atoms with van der Waals surface area (Å²) in [5, 5.41) is 20.2. The fraction of sp³-hybridized carbons (Fsp3) is 0.636. The zero-order valence-corrected chi connectivity index (χ0v) is 10.0. The molecule has 0 spiro atoms. The van der Waals surface area contributed by atoms with E-state index < -0.39 is 0 Å². The van der Waals surface area contributed by atoms with Crippen molar-refractivity contribution in [3.05, 3.63) is 11.8 Å². The van der Waals surface area contributed by atoms with Crippen LogP contribution in [0.3, 0.4) is 0 Å². The van der Waals surface area contributed by atoms with Crippen molar-refractivity contribution in [3.8, 4) is 6.07 Å². The minimum absolute atomic E-state index is 0.0146. The second-order valence-electron chi connectivity index (χ2n) is 3.96. The summed E-state index contributed by atoms with van der Waals surface area (Å²) in [5.74, 6) is -0.0277. The van der Waals surface area contributed by atoms with E-state index in [1.165, 1.54) is 6.20 Å². The Balaban J connectivity index is 4.38. The maximum Gasteiger partial charge on any atom is 0.263 e. The molecular weight excluding hydrogens is 206 g/mol. The van der Waals surface area contributed by atoms with Gasteiger partial charge in [-0.25, -0.2) is 0 Å². The maximum absolute atomic E-state index is 11.5. The molecule has 0 rings (SSSR count). The lowest BCUT2D eigenvalue weighted by Crippen LogP contribution is -2.29. The summed E-state index contributed by atoms with van der Waals surface area (Å²) in [5.41, 5.74) is 0.0524. The third kappa shape index (κ3) is 6.04. The molecule has 0 aromatic heterocycles. The number of aliphatic hydroxyl groups excluding tert-OH is 1. The van der Waals surface area contributed by atoms with Crippen LogP contribution in [0.2, 0.25) is 0 Å². The second-order valence-corrected chi connectivity index (χ2v) is 3.96. The summed E-state index contributed by atoms with van der Waals surface area (Å²) in [6.45, 7) is 4.88. The first-order chi connectivity index (χ1) is 7.51. The maximum atomic E-state index is 11.5. The van der Waals surface area contributed by atoms with Gasteiger partial charge in [0, 0.05) is 26.3 Å². The Hall–Kier alpha value is -1.54. The highest BCUT2D eigenvalue weighted by atomic mass is 16.3. The number of carbonyl (C=O) groups excluding carboxylic acids is 1. The number of aliphatic hydroxyl groups is 1. The lowest BCUT2D eigenvalue weighted by molar-refractivity contribution is -0.117. The van der Waals surface area contributed by atoms with Gasteiger partial charge in [-0.3, -0.25) is 4.79 Å². The molecule has 0 aromatic rings. The van der Waals surface area contributed by atoms with E-state index in [2.05, 4.69) is 5.32 Å². The second kappa shape index (κ2) is 7.71. The zero-order chi connectivity index (χ0) is 12.6. The van der Waals surface area contributed by atoms with E-state index in [1.54, 1.807) is 11.9 Å². The largest absolute Gasteiger partial charge is 0.395 e. The molecule has 0 aromatic carbocycles. The molecule has 0 radical (unpaired) electrons. The number of carbonyl (C=O) groups is 1. The van der Waals surface area contributed by atoms with Gasteiger partial charge >= 0.3 is 0 Å². The SMILES string of the molecule is CC(C)CNC(=O)/C(C#N)=C\N(C)CCO. The third-order valence-electron chi connectivity index (χ3n) is 1.84. The number of nitrogens with one attached hydrogen (secondary N) is 1. The van der Waals surface area contributed by atoms with Gasteiger partial charge in [-0.2, -0.15) is 5.26 Å². The predicted molar refractivity (Wildman–Crippen MR) is 61.3 cm³/mol. The van der Waals surface area contributed by atoms with Gasteiger partial charge in [-0.05, 0) is 5.92 Å². The fourth-order valence-corrected chi connectivity index (χ4v) is 0.973. The van der Waals surface area contributed by atoms with E-state index in [9.17, 15) is 4.79 Å². The van der Waals surface area contributed by atoms with Crippen molar-refractivity contribution in [1.82, 2.24) is 10.2 Å². The average molecular weight is 225 g/mol. The summed E-state index contributed by atoms with van der Waals surface area (Å²) in [6.07, 6.45) is 1.44. The van der Waals surface area contributed by atoms with Crippen molar-refractivity contribution in [2.45, 2.75) is 13.8 Å². The molecule has 0 fully saturated rings. The van der Waals surface area contributed by atoms with Gasteiger partial charge < -0.3 is 15.3 Å². The number of hydrogen-bond donors (Lipinski definition) is 2. The highest BCUT2D eigenvalue weighted by Crippen LogP contribution is 1.97. The van der Waals surface area contributed by atoms with Crippen LogP contribution >= 0.6 is 0 Å². The normalized spacial score (nSPS) is 11.1. The van der Waals surface area contributed by atoms with Crippen LogP contribution in [0.5, 0.6) is 0 Å². The van der Waals surface area contributed by atoms with Crippen LogP contribution < -0.4 is 5.32 Å². The number of nitrogens with zero attached hydrogens (tertiary/aromatic N) is 2. The van der Waals surface area contributed by atoms with Gasteiger partial charge in [-0.1, -0.05) is 13.8 Å². The van der Waals surface area contributed by atoms with Gasteiger partial charge in [0.05, 0.1) is 6.61 Å². The third-order valence-corrected chi connectivity index (χ3v) is 1.84. The smallest absolute Gasteiger partial charge is 0.263 e. The van der Waals surface area contributed by atoms with Crippen molar-refractivity contribution in [2.24, 2.45) is 5.92 Å². The van der Waals surface area contributed by atoms with Crippen molar-refractivity contribution in [2.75, 3.05) is 26.7 Å². The minimum Gasteiger partial charge on any atom is -0.395 e. The summed E-state index contributed by atoms with van der Waals surface area (Å²) in [6, 6.07) is 1.84. The first-order valence-corrected chi connectivity index (χ1v) is 5.22. The van der Waals surface area contributed by atoms with Crippen molar-refractivity contribution < 1.29 is 9.90 Å². The summed E-state index contributed by atoms with van der Waals surface area (Å²) in [4.78, 5) is 13.1. The van der Waals surface area contributed by atoms with E-state index in [4.69, 9.17) is 10.4 Å². The number of amides is 1. The summed E-state index contributed by atoms with van der Waals surface area (Å²) in [7, 11) is 1.70. The molecule has 16 heavy (non-hydrogen) atoms. The summed E-state index contributed by atoms with van der Waals surface area (Å²) >= 11 is 0. The quantitative estimate of drug-likeness (QED) is 0.496. The number of likely N-dealkylation sites (N-methyl/N-ethyl adjacent to an activating group) is 1. The Morgan fingerprint density at radius 2 is 2.25 bits per heavy atom.